The number of halogens is 1. The van der Waals surface area contributed by atoms with Crippen LogP contribution in [0.4, 0.5) is 11.4 Å². The Morgan fingerprint density at radius 3 is 2.55 bits per heavy atom. The van der Waals surface area contributed by atoms with E-state index in [9.17, 15) is 0 Å². The third kappa shape index (κ3) is 3.14. The van der Waals surface area contributed by atoms with Gasteiger partial charge in [-0.15, -0.1) is 0 Å². The number of para-hydroxylation sites is 1. The highest BCUT2D eigenvalue weighted by Gasteiger charge is 2.15. The third-order valence-corrected chi connectivity index (χ3v) is 3.69. The number of hydrogen-bond acceptors (Lipinski definition) is 2. The summed E-state index contributed by atoms with van der Waals surface area (Å²) >= 11 is 6.45. The van der Waals surface area contributed by atoms with Gasteiger partial charge in [-0.1, -0.05) is 35.9 Å². The van der Waals surface area contributed by atoms with Gasteiger partial charge in [-0.2, -0.15) is 0 Å². The van der Waals surface area contributed by atoms with E-state index < -0.39 is 0 Å². The van der Waals surface area contributed by atoms with Crippen molar-refractivity contribution in [2.24, 2.45) is 5.73 Å². The molecule has 0 radical (unpaired) electrons. The zero-order valence-corrected chi connectivity index (χ0v) is 12.8. The quantitative estimate of drug-likeness (QED) is 0.888. The summed E-state index contributed by atoms with van der Waals surface area (Å²) in [7, 11) is 0. The van der Waals surface area contributed by atoms with Crippen LogP contribution < -0.4 is 10.6 Å². The SMILES string of the molecule is CCN(c1cccc(C)c1)c1c(Cl)cccc1CCN. The highest BCUT2D eigenvalue weighted by molar-refractivity contribution is 6.33. The van der Waals surface area contributed by atoms with Gasteiger partial charge in [-0.05, 0) is 56.1 Å². The molecule has 0 aliphatic rings. The maximum absolute atomic E-state index is 6.45. The van der Waals surface area contributed by atoms with Gasteiger partial charge in [-0.25, -0.2) is 0 Å². The standard InChI is InChI=1S/C17H21ClN2/c1-3-20(15-8-4-6-13(2)12-15)17-14(10-11-19)7-5-9-16(17)18/h4-9,12H,3,10-11,19H2,1-2H3. The number of anilines is 2. The van der Waals surface area contributed by atoms with Crippen molar-refractivity contribution in [3.8, 4) is 0 Å². The number of nitrogens with two attached hydrogens (primary N) is 1. The number of aryl methyl sites for hydroxylation is 1. The van der Waals surface area contributed by atoms with E-state index in [-0.39, 0.29) is 0 Å². The van der Waals surface area contributed by atoms with Gasteiger partial charge >= 0.3 is 0 Å². The molecule has 2 aromatic rings. The molecular formula is C17H21ClN2. The van der Waals surface area contributed by atoms with Crippen LogP contribution in [-0.2, 0) is 6.42 Å². The van der Waals surface area contributed by atoms with Crippen molar-refractivity contribution in [2.45, 2.75) is 20.3 Å². The molecule has 2 aromatic carbocycles. The molecular weight excluding hydrogens is 268 g/mol. The molecule has 3 heteroatoms. The highest BCUT2D eigenvalue weighted by Crippen LogP contribution is 2.35. The molecule has 0 atom stereocenters. The molecule has 0 bridgehead atoms. The third-order valence-electron chi connectivity index (χ3n) is 3.38. The molecule has 106 valence electrons. The van der Waals surface area contributed by atoms with E-state index in [0.29, 0.717) is 6.54 Å². The van der Waals surface area contributed by atoms with Crippen LogP contribution in [0.2, 0.25) is 5.02 Å². The maximum Gasteiger partial charge on any atom is 0.0645 e. The summed E-state index contributed by atoms with van der Waals surface area (Å²) < 4.78 is 0. The Morgan fingerprint density at radius 1 is 1.15 bits per heavy atom. The maximum atomic E-state index is 6.45. The lowest BCUT2D eigenvalue weighted by atomic mass is 10.1. The summed E-state index contributed by atoms with van der Waals surface area (Å²) in [5, 5.41) is 0.777. The fourth-order valence-electron chi connectivity index (χ4n) is 2.49. The van der Waals surface area contributed by atoms with E-state index in [4.69, 9.17) is 17.3 Å². The van der Waals surface area contributed by atoms with Crippen molar-refractivity contribution in [1.82, 2.24) is 0 Å². The summed E-state index contributed by atoms with van der Waals surface area (Å²) in [5.74, 6) is 0. The lowest BCUT2D eigenvalue weighted by Crippen LogP contribution is -2.19. The number of benzene rings is 2. The van der Waals surface area contributed by atoms with Gasteiger partial charge in [0, 0.05) is 12.2 Å². The normalized spacial score (nSPS) is 10.6. The van der Waals surface area contributed by atoms with Crippen molar-refractivity contribution in [2.75, 3.05) is 18.0 Å². The molecule has 0 spiro atoms. The van der Waals surface area contributed by atoms with Crippen LogP contribution in [0.3, 0.4) is 0 Å². The minimum Gasteiger partial charge on any atom is -0.340 e. The van der Waals surface area contributed by atoms with E-state index in [2.05, 4.69) is 49.1 Å². The second-order valence-corrected chi connectivity index (χ2v) is 5.28. The van der Waals surface area contributed by atoms with Crippen LogP contribution in [0.25, 0.3) is 0 Å². The van der Waals surface area contributed by atoms with Crippen molar-refractivity contribution in [3.05, 3.63) is 58.6 Å². The molecule has 0 amide bonds. The summed E-state index contributed by atoms with van der Waals surface area (Å²) in [6.45, 7) is 5.73. The number of hydrogen-bond donors (Lipinski definition) is 1. The van der Waals surface area contributed by atoms with E-state index in [1.54, 1.807) is 0 Å². The Balaban J connectivity index is 2.51. The van der Waals surface area contributed by atoms with E-state index >= 15 is 0 Å². The predicted octanol–water partition coefficient (Wildman–Crippen LogP) is 4.31. The lowest BCUT2D eigenvalue weighted by molar-refractivity contribution is 0.942. The number of nitrogens with zero attached hydrogens (tertiary/aromatic N) is 1. The van der Waals surface area contributed by atoms with Crippen LogP contribution >= 0.6 is 11.6 Å². The Bertz CT molecular complexity index is 581. The van der Waals surface area contributed by atoms with Crippen LogP contribution in [0, 0.1) is 6.92 Å². The monoisotopic (exact) mass is 288 g/mol. The van der Waals surface area contributed by atoms with Gasteiger partial charge in [0.05, 0.1) is 10.7 Å². The van der Waals surface area contributed by atoms with Gasteiger partial charge in [0.2, 0.25) is 0 Å². The Labute approximate surface area is 126 Å². The molecule has 2 nitrogen and oxygen atoms in total. The van der Waals surface area contributed by atoms with Crippen LogP contribution in [-0.4, -0.2) is 13.1 Å². The molecule has 2 rings (SSSR count). The summed E-state index contributed by atoms with van der Waals surface area (Å²) in [6, 6.07) is 14.5. The van der Waals surface area contributed by atoms with E-state index in [1.807, 2.05) is 12.1 Å². The van der Waals surface area contributed by atoms with E-state index in [1.165, 1.54) is 16.8 Å². The van der Waals surface area contributed by atoms with Crippen LogP contribution in [0.5, 0.6) is 0 Å². The van der Waals surface area contributed by atoms with Crippen LogP contribution in [0.1, 0.15) is 18.1 Å². The fourth-order valence-corrected chi connectivity index (χ4v) is 2.78. The average molecular weight is 289 g/mol. The van der Waals surface area contributed by atoms with Gasteiger partial charge in [0.25, 0.3) is 0 Å². The first-order valence-corrected chi connectivity index (χ1v) is 7.36. The van der Waals surface area contributed by atoms with Crippen molar-refractivity contribution >= 4 is 23.0 Å². The molecule has 2 N–H and O–H groups in total. The molecule has 0 saturated heterocycles. The molecule has 0 aliphatic heterocycles. The first-order valence-electron chi connectivity index (χ1n) is 6.99. The Kier molecular flexibility index (Phi) is 5.05. The van der Waals surface area contributed by atoms with Gasteiger partial charge in [0.15, 0.2) is 0 Å². The fraction of sp³-hybridized carbons (Fsp3) is 0.294. The molecule has 0 unspecified atom stereocenters. The summed E-state index contributed by atoms with van der Waals surface area (Å²) in [4.78, 5) is 2.25. The molecule has 0 fully saturated rings. The molecule has 0 saturated carbocycles. The van der Waals surface area contributed by atoms with E-state index in [0.717, 1.165) is 23.7 Å². The molecule has 0 heterocycles. The first-order chi connectivity index (χ1) is 9.67. The zero-order chi connectivity index (χ0) is 14.5. The van der Waals surface area contributed by atoms with Crippen molar-refractivity contribution < 1.29 is 0 Å². The van der Waals surface area contributed by atoms with Crippen molar-refractivity contribution in [1.29, 1.82) is 0 Å². The molecule has 0 aromatic heterocycles. The van der Waals surface area contributed by atoms with Gasteiger partial charge in [-0.3, -0.25) is 0 Å². The zero-order valence-electron chi connectivity index (χ0n) is 12.1. The largest absolute Gasteiger partial charge is 0.340 e. The van der Waals surface area contributed by atoms with Crippen molar-refractivity contribution in [3.63, 3.8) is 0 Å². The summed E-state index contributed by atoms with van der Waals surface area (Å²) in [5.41, 5.74) is 10.4. The lowest BCUT2D eigenvalue weighted by Gasteiger charge is -2.27. The minimum absolute atomic E-state index is 0.624. The summed E-state index contributed by atoms with van der Waals surface area (Å²) in [6.07, 6.45) is 0.832. The smallest absolute Gasteiger partial charge is 0.0645 e. The Morgan fingerprint density at radius 2 is 1.90 bits per heavy atom. The number of rotatable bonds is 5. The second-order valence-electron chi connectivity index (χ2n) is 4.87. The molecule has 20 heavy (non-hydrogen) atoms. The topological polar surface area (TPSA) is 29.3 Å². The molecule has 0 aliphatic carbocycles. The Hall–Kier alpha value is -1.51. The highest BCUT2D eigenvalue weighted by atomic mass is 35.5. The minimum atomic E-state index is 0.624. The second kappa shape index (κ2) is 6.78. The predicted molar refractivity (Wildman–Crippen MR) is 88.1 cm³/mol. The van der Waals surface area contributed by atoms with Gasteiger partial charge in [0.1, 0.15) is 0 Å². The van der Waals surface area contributed by atoms with Crippen LogP contribution in [0.15, 0.2) is 42.5 Å². The van der Waals surface area contributed by atoms with Gasteiger partial charge < -0.3 is 10.6 Å². The first kappa shape index (κ1) is 14.9. The average Bonchev–Trinajstić information content (AvgIpc) is 2.43.